The number of pyridine rings is 1. The van der Waals surface area contributed by atoms with Gasteiger partial charge in [0.25, 0.3) is 0 Å². The van der Waals surface area contributed by atoms with Gasteiger partial charge in [-0.3, -0.25) is 4.90 Å². The number of H-pyrrole nitrogens is 2. The zero-order valence-corrected chi connectivity index (χ0v) is 26.4. The number of amides is 1. The number of aromatic amines is 2. The van der Waals surface area contributed by atoms with Crippen LogP contribution in [0.1, 0.15) is 90.3 Å². The normalized spacial score (nSPS) is 16.0. The molecule has 2 aromatic carbocycles. The predicted octanol–water partition coefficient (Wildman–Crippen LogP) is 9.05. The molecule has 8 heteroatoms. The second-order valence-corrected chi connectivity index (χ2v) is 12.9. The Bertz CT molecular complexity index is 1750. The standard InChI is InChI=1S/C36H42N6O2/c1-6-7-9-23(2)33-37-21-30(40-33)25-13-11-24(12-14-25)28-17-15-26-20-27(16-18-29(26)39-28)31-22-38-34(41-31)32-10-8-19-42(32)35(43)44-36(3,4)5/h11-18,20-23,32H,6-10,19H2,1-5H3,(H,37,40)(H,38,41)/t23-,32-/m0/s1. The van der Waals surface area contributed by atoms with Crippen molar-refractivity contribution in [1.82, 2.24) is 29.8 Å². The minimum Gasteiger partial charge on any atom is -0.444 e. The first-order valence-corrected chi connectivity index (χ1v) is 15.8. The van der Waals surface area contributed by atoms with Crippen LogP contribution in [0.15, 0.2) is 67.0 Å². The van der Waals surface area contributed by atoms with Gasteiger partial charge in [-0.2, -0.15) is 0 Å². The minimum atomic E-state index is -0.530. The summed E-state index contributed by atoms with van der Waals surface area (Å²) in [7, 11) is 0. The molecular weight excluding hydrogens is 548 g/mol. The van der Waals surface area contributed by atoms with Gasteiger partial charge in [0.15, 0.2) is 0 Å². The number of fused-ring (bicyclic) bond motifs is 1. The summed E-state index contributed by atoms with van der Waals surface area (Å²) in [6, 6.07) is 18.8. The van der Waals surface area contributed by atoms with Crippen LogP contribution < -0.4 is 0 Å². The first kappa shape index (κ1) is 29.6. The smallest absolute Gasteiger partial charge is 0.410 e. The van der Waals surface area contributed by atoms with Gasteiger partial charge >= 0.3 is 6.09 Å². The number of ether oxygens (including phenoxy) is 1. The third-order valence-electron chi connectivity index (χ3n) is 8.34. The lowest BCUT2D eigenvalue weighted by molar-refractivity contribution is 0.0218. The minimum absolute atomic E-state index is 0.112. The summed E-state index contributed by atoms with van der Waals surface area (Å²) in [4.78, 5) is 35.8. The largest absolute Gasteiger partial charge is 0.444 e. The van der Waals surface area contributed by atoms with Crippen LogP contribution in [0.3, 0.4) is 0 Å². The van der Waals surface area contributed by atoms with Crippen molar-refractivity contribution in [2.45, 2.75) is 84.3 Å². The van der Waals surface area contributed by atoms with E-state index in [9.17, 15) is 4.79 Å². The van der Waals surface area contributed by atoms with Gasteiger partial charge in [0.05, 0.1) is 41.0 Å². The molecule has 5 aromatic rings. The van der Waals surface area contributed by atoms with Crippen LogP contribution in [-0.2, 0) is 4.74 Å². The maximum Gasteiger partial charge on any atom is 0.410 e. The lowest BCUT2D eigenvalue weighted by Gasteiger charge is -2.27. The molecule has 3 aromatic heterocycles. The molecule has 1 amide bonds. The molecule has 0 radical (unpaired) electrons. The van der Waals surface area contributed by atoms with Crippen LogP contribution in [0, 0.1) is 0 Å². The van der Waals surface area contributed by atoms with Gasteiger partial charge < -0.3 is 14.7 Å². The molecule has 0 bridgehead atoms. The Morgan fingerprint density at radius 3 is 2.48 bits per heavy atom. The molecule has 44 heavy (non-hydrogen) atoms. The molecule has 0 spiro atoms. The van der Waals surface area contributed by atoms with Gasteiger partial charge in [-0.15, -0.1) is 0 Å². The number of carbonyl (C=O) groups is 1. The Hall–Kier alpha value is -4.46. The van der Waals surface area contributed by atoms with Gasteiger partial charge in [-0.05, 0) is 63.8 Å². The van der Waals surface area contributed by atoms with E-state index in [2.05, 4.69) is 88.4 Å². The molecule has 2 N–H and O–H groups in total. The first-order chi connectivity index (χ1) is 21.2. The van der Waals surface area contributed by atoms with Gasteiger partial charge in [0, 0.05) is 29.0 Å². The summed E-state index contributed by atoms with van der Waals surface area (Å²) < 4.78 is 5.63. The average molecular weight is 591 g/mol. The summed E-state index contributed by atoms with van der Waals surface area (Å²) in [6.45, 7) is 10.8. The Morgan fingerprint density at radius 2 is 1.70 bits per heavy atom. The molecule has 0 unspecified atom stereocenters. The van der Waals surface area contributed by atoms with Crippen LogP contribution in [0.25, 0.3) is 44.7 Å². The number of nitrogens with one attached hydrogen (secondary N) is 2. The van der Waals surface area contributed by atoms with E-state index in [1.54, 1.807) is 4.90 Å². The number of carbonyl (C=O) groups excluding carboxylic acids is 1. The highest BCUT2D eigenvalue weighted by Gasteiger charge is 2.34. The third-order valence-corrected chi connectivity index (χ3v) is 8.34. The molecule has 1 aliphatic heterocycles. The second-order valence-electron chi connectivity index (χ2n) is 12.9. The van der Waals surface area contributed by atoms with Crippen molar-refractivity contribution in [2.75, 3.05) is 6.54 Å². The molecule has 0 aliphatic carbocycles. The molecule has 2 atom stereocenters. The summed E-state index contributed by atoms with van der Waals surface area (Å²) in [5.41, 5.74) is 6.51. The number of hydrogen-bond acceptors (Lipinski definition) is 5. The monoisotopic (exact) mass is 590 g/mol. The summed E-state index contributed by atoms with van der Waals surface area (Å²) in [6.07, 6.45) is 8.84. The fourth-order valence-electron chi connectivity index (χ4n) is 5.90. The third kappa shape index (κ3) is 6.39. The van der Waals surface area contributed by atoms with Crippen molar-refractivity contribution in [1.29, 1.82) is 0 Å². The number of imidazole rings is 2. The van der Waals surface area contributed by atoms with E-state index >= 15 is 0 Å². The Morgan fingerprint density at radius 1 is 0.977 bits per heavy atom. The van der Waals surface area contributed by atoms with Gasteiger partial charge in [-0.1, -0.05) is 63.1 Å². The van der Waals surface area contributed by atoms with Crippen molar-refractivity contribution < 1.29 is 9.53 Å². The lowest BCUT2D eigenvalue weighted by atomic mass is 10.0. The average Bonchev–Trinajstić information content (AvgIpc) is 3.80. The van der Waals surface area contributed by atoms with E-state index < -0.39 is 5.60 Å². The molecule has 228 valence electrons. The zero-order valence-electron chi connectivity index (χ0n) is 26.4. The quantitative estimate of drug-likeness (QED) is 0.188. The highest BCUT2D eigenvalue weighted by molar-refractivity contribution is 5.86. The Balaban J connectivity index is 1.16. The molecule has 0 saturated carbocycles. The Labute approximate surface area is 259 Å². The SMILES string of the molecule is CCCC[C@H](C)c1ncc(-c2ccc(-c3ccc4cc(-c5cnc([C@@H]6CCCN6C(=O)OC(C)(C)C)[nH]5)ccc4n3)cc2)[nH]1. The second kappa shape index (κ2) is 12.3. The fourth-order valence-corrected chi connectivity index (χ4v) is 5.90. The molecule has 8 nitrogen and oxygen atoms in total. The van der Waals surface area contributed by atoms with Crippen LogP contribution in [0.5, 0.6) is 0 Å². The molecule has 1 saturated heterocycles. The van der Waals surface area contributed by atoms with Crippen molar-refractivity contribution in [3.05, 3.63) is 78.6 Å². The highest BCUT2D eigenvalue weighted by atomic mass is 16.6. The van der Waals surface area contributed by atoms with E-state index in [0.717, 1.165) is 75.6 Å². The summed E-state index contributed by atoms with van der Waals surface area (Å²) in [5.74, 6) is 2.28. The molecule has 1 fully saturated rings. The number of unbranched alkanes of at least 4 members (excludes halogenated alkanes) is 1. The highest BCUT2D eigenvalue weighted by Crippen LogP contribution is 2.34. The molecule has 4 heterocycles. The zero-order chi connectivity index (χ0) is 30.8. The van der Waals surface area contributed by atoms with E-state index in [4.69, 9.17) is 9.72 Å². The van der Waals surface area contributed by atoms with Crippen molar-refractivity contribution in [3.8, 4) is 33.8 Å². The molecule has 1 aliphatic rings. The van der Waals surface area contributed by atoms with Gasteiger partial charge in [0.2, 0.25) is 0 Å². The number of benzene rings is 2. The summed E-state index contributed by atoms with van der Waals surface area (Å²) in [5, 5.41) is 1.05. The maximum atomic E-state index is 12.8. The van der Waals surface area contributed by atoms with Crippen molar-refractivity contribution in [3.63, 3.8) is 0 Å². The first-order valence-electron chi connectivity index (χ1n) is 15.8. The number of likely N-dealkylation sites (tertiary alicyclic amines) is 1. The van der Waals surface area contributed by atoms with E-state index in [1.807, 2.05) is 33.2 Å². The van der Waals surface area contributed by atoms with Crippen LogP contribution in [0.2, 0.25) is 0 Å². The van der Waals surface area contributed by atoms with E-state index in [0.29, 0.717) is 12.5 Å². The van der Waals surface area contributed by atoms with E-state index in [1.165, 1.54) is 12.8 Å². The number of rotatable bonds is 8. The number of hydrogen-bond donors (Lipinski definition) is 2. The predicted molar refractivity (Wildman–Crippen MR) is 175 cm³/mol. The van der Waals surface area contributed by atoms with Gasteiger partial charge in [-0.25, -0.2) is 19.7 Å². The van der Waals surface area contributed by atoms with Crippen LogP contribution in [0.4, 0.5) is 4.79 Å². The molecular formula is C36H42N6O2. The maximum absolute atomic E-state index is 12.8. The Kier molecular flexibility index (Phi) is 8.25. The fraction of sp³-hybridized carbons (Fsp3) is 0.389. The summed E-state index contributed by atoms with van der Waals surface area (Å²) >= 11 is 0. The lowest BCUT2D eigenvalue weighted by Crippen LogP contribution is -2.36. The number of nitrogens with zero attached hydrogens (tertiary/aromatic N) is 4. The molecule has 6 rings (SSSR count). The van der Waals surface area contributed by atoms with Gasteiger partial charge in [0.1, 0.15) is 17.2 Å². The van der Waals surface area contributed by atoms with Crippen LogP contribution in [-0.4, -0.2) is 48.1 Å². The van der Waals surface area contributed by atoms with Crippen LogP contribution >= 0.6 is 0 Å². The topological polar surface area (TPSA) is 99.8 Å². The van der Waals surface area contributed by atoms with Crippen molar-refractivity contribution >= 4 is 17.0 Å². The van der Waals surface area contributed by atoms with Crippen molar-refractivity contribution in [2.24, 2.45) is 0 Å². The number of aromatic nitrogens is 5. The van der Waals surface area contributed by atoms with E-state index in [-0.39, 0.29) is 12.1 Å².